The maximum atomic E-state index is 12.3. The third-order valence-corrected chi connectivity index (χ3v) is 2.17. The van der Waals surface area contributed by atoms with Crippen molar-refractivity contribution in [1.29, 1.82) is 0 Å². The Balaban J connectivity index is 0.000000165. The van der Waals surface area contributed by atoms with Gasteiger partial charge in [0.1, 0.15) is 5.82 Å². The van der Waals surface area contributed by atoms with E-state index in [0.29, 0.717) is 5.69 Å². The lowest BCUT2D eigenvalue weighted by atomic mass is 10.2. The van der Waals surface area contributed by atoms with Gasteiger partial charge in [-0.3, -0.25) is 0 Å². The fraction of sp³-hybridized carbons (Fsp3) is 0.0769. The van der Waals surface area contributed by atoms with E-state index in [9.17, 15) is 4.39 Å². The normalized spacial score (nSPS) is 9.19. The summed E-state index contributed by atoms with van der Waals surface area (Å²) in [6.45, 7) is 2.08. The zero-order valence-electron chi connectivity index (χ0n) is 8.95. The van der Waals surface area contributed by atoms with E-state index in [0.717, 1.165) is 0 Å². The molecule has 3 heteroatoms. The van der Waals surface area contributed by atoms with Gasteiger partial charge in [0.2, 0.25) is 0 Å². The van der Waals surface area contributed by atoms with Gasteiger partial charge < -0.3 is 5.73 Å². The van der Waals surface area contributed by atoms with Gasteiger partial charge in [-0.2, -0.15) is 0 Å². The summed E-state index contributed by atoms with van der Waals surface area (Å²) in [5.74, 6) is -0.439. The lowest BCUT2D eigenvalue weighted by molar-refractivity contribution is 0.628. The second kappa shape index (κ2) is 6.13. The lowest BCUT2D eigenvalue weighted by Crippen LogP contribution is -1.84. The summed E-state index contributed by atoms with van der Waals surface area (Å²) in [6.07, 6.45) is 0. The van der Waals surface area contributed by atoms with E-state index in [1.165, 1.54) is 23.8 Å². The van der Waals surface area contributed by atoms with Crippen LogP contribution in [-0.4, -0.2) is 0 Å². The van der Waals surface area contributed by atoms with E-state index in [-0.39, 0.29) is 5.02 Å². The Morgan fingerprint density at radius 1 is 1.06 bits per heavy atom. The molecule has 0 spiro atoms. The number of anilines is 1. The predicted octanol–water partition coefficient (Wildman–Crippen LogP) is 4.06. The van der Waals surface area contributed by atoms with Gasteiger partial charge in [-0.25, -0.2) is 4.39 Å². The summed E-state index contributed by atoms with van der Waals surface area (Å²) in [5.41, 5.74) is 7.07. The minimum Gasteiger partial charge on any atom is -0.399 e. The van der Waals surface area contributed by atoms with Crippen molar-refractivity contribution in [3.8, 4) is 0 Å². The number of hydrogen-bond donors (Lipinski definition) is 1. The Morgan fingerprint density at radius 3 is 2.06 bits per heavy atom. The zero-order chi connectivity index (χ0) is 12.0. The van der Waals surface area contributed by atoms with Crippen molar-refractivity contribution in [2.24, 2.45) is 0 Å². The van der Waals surface area contributed by atoms with Crippen molar-refractivity contribution in [3.05, 3.63) is 64.9 Å². The molecule has 0 heterocycles. The molecule has 2 aromatic rings. The number of hydrogen-bond acceptors (Lipinski definition) is 1. The van der Waals surface area contributed by atoms with Crippen molar-refractivity contribution in [3.63, 3.8) is 0 Å². The average Bonchev–Trinajstić information content (AvgIpc) is 2.26. The first kappa shape index (κ1) is 12.5. The molecule has 0 unspecified atom stereocenters. The van der Waals surface area contributed by atoms with Crippen LogP contribution < -0.4 is 5.73 Å². The molecule has 1 nitrogen and oxygen atoms in total. The van der Waals surface area contributed by atoms with E-state index in [2.05, 4.69) is 19.1 Å². The average molecular weight is 238 g/mol. The summed E-state index contributed by atoms with van der Waals surface area (Å²) >= 11 is 5.36. The molecule has 0 aliphatic heterocycles. The number of nitrogens with two attached hydrogens (primary N) is 1. The molecule has 84 valence electrons. The summed E-state index contributed by atoms with van der Waals surface area (Å²) in [6, 6.07) is 14.3. The largest absolute Gasteiger partial charge is 0.399 e. The highest BCUT2D eigenvalue weighted by Gasteiger charge is 1.95. The van der Waals surface area contributed by atoms with Gasteiger partial charge in [0.05, 0.1) is 5.02 Å². The predicted molar refractivity (Wildman–Crippen MR) is 67.0 cm³/mol. The molecule has 0 atom stereocenters. The number of halogens is 2. The lowest BCUT2D eigenvalue weighted by Gasteiger charge is -1.93. The van der Waals surface area contributed by atoms with Crippen LogP contribution >= 0.6 is 11.6 Å². The van der Waals surface area contributed by atoms with Gasteiger partial charge in [-0.1, -0.05) is 47.5 Å². The summed E-state index contributed by atoms with van der Waals surface area (Å²) in [4.78, 5) is 0. The Morgan fingerprint density at radius 2 is 1.69 bits per heavy atom. The number of aryl methyl sites for hydroxylation is 1. The van der Waals surface area contributed by atoms with Gasteiger partial charge in [-0.15, -0.1) is 0 Å². The first-order valence-corrected chi connectivity index (χ1v) is 5.19. The number of nitrogen functional groups attached to an aromatic ring is 1. The molecule has 0 saturated carbocycles. The molecule has 0 amide bonds. The molecule has 16 heavy (non-hydrogen) atoms. The fourth-order valence-corrected chi connectivity index (χ4v) is 1.24. The monoisotopic (exact) mass is 237 g/mol. The Bertz CT molecular complexity index is 443. The van der Waals surface area contributed by atoms with Crippen molar-refractivity contribution >= 4 is 17.3 Å². The molecule has 0 radical (unpaired) electrons. The maximum absolute atomic E-state index is 12.3. The Kier molecular flexibility index (Phi) is 4.80. The second-order valence-electron chi connectivity index (χ2n) is 3.33. The van der Waals surface area contributed by atoms with Crippen LogP contribution in [0, 0.1) is 12.7 Å². The van der Waals surface area contributed by atoms with Gasteiger partial charge in [0.15, 0.2) is 0 Å². The maximum Gasteiger partial charge on any atom is 0.141 e. The Hall–Kier alpha value is -1.54. The van der Waals surface area contributed by atoms with Crippen LogP contribution in [0.2, 0.25) is 5.02 Å². The van der Waals surface area contributed by atoms with Gasteiger partial charge in [0.25, 0.3) is 0 Å². The highest BCUT2D eigenvalue weighted by Crippen LogP contribution is 2.16. The van der Waals surface area contributed by atoms with Crippen LogP contribution in [0.3, 0.4) is 0 Å². The quantitative estimate of drug-likeness (QED) is 0.687. The van der Waals surface area contributed by atoms with Crippen molar-refractivity contribution in [2.45, 2.75) is 6.92 Å². The van der Waals surface area contributed by atoms with E-state index in [1.807, 2.05) is 18.2 Å². The zero-order valence-corrected chi connectivity index (χ0v) is 9.71. The van der Waals surface area contributed by atoms with E-state index in [1.54, 1.807) is 0 Å². The van der Waals surface area contributed by atoms with Gasteiger partial charge in [-0.05, 0) is 25.1 Å². The molecule has 0 aliphatic carbocycles. The van der Waals surface area contributed by atoms with E-state index < -0.39 is 5.82 Å². The smallest absolute Gasteiger partial charge is 0.141 e. The Labute approximate surface area is 99.7 Å². The fourth-order valence-electron chi connectivity index (χ4n) is 1.05. The second-order valence-corrected chi connectivity index (χ2v) is 3.74. The summed E-state index contributed by atoms with van der Waals surface area (Å²) < 4.78 is 12.3. The molecule has 2 N–H and O–H groups in total. The van der Waals surface area contributed by atoms with Crippen molar-refractivity contribution < 1.29 is 4.39 Å². The van der Waals surface area contributed by atoms with Crippen LogP contribution in [-0.2, 0) is 0 Å². The number of benzene rings is 2. The van der Waals surface area contributed by atoms with E-state index >= 15 is 0 Å². The minimum atomic E-state index is -0.439. The molecule has 0 aliphatic rings. The highest BCUT2D eigenvalue weighted by atomic mass is 35.5. The van der Waals surface area contributed by atoms with Crippen molar-refractivity contribution in [2.75, 3.05) is 5.73 Å². The first-order valence-electron chi connectivity index (χ1n) is 4.82. The van der Waals surface area contributed by atoms with Crippen LogP contribution in [0.1, 0.15) is 5.56 Å². The topological polar surface area (TPSA) is 26.0 Å². The summed E-state index contributed by atoms with van der Waals surface area (Å²) in [7, 11) is 0. The van der Waals surface area contributed by atoms with Crippen molar-refractivity contribution in [1.82, 2.24) is 0 Å². The highest BCUT2D eigenvalue weighted by molar-refractivity contribution is 6.31. The molecular formula is C13H13ClFN. The molecule has 2 aromatic carbocycles. The molecule has 2 rings (SSSR count). The molecule has 0 fully saturated rings. The molecular weight excluding hydrogens is 225 g/mol. The van der Waals surface area contributed by atoms with Crippen LogP contribution in [0.4, 0.5) is 10.1 Å². The van der Waals surface area contributed by atoms with Crippen LogP contribution in [0.15, 0.2) is 48.5 Å². The third kappa shape index (κ3) is 4.32. The van der Waals surface area contributed by atoms with Crippen LogP contribution in [0.25, 0.3) is 0 Å². The SMILES string of the molecule is Cc1ccccc1.Nc1ccc(F)c(Cl)c1. The van der Waals surface area contributed by atoms with Gasteiger partial charge in [0, 0.05) is 5.69 Å². The molecule has 0 bridgehead atoms. The molecule has 0 aromatic heterocycles. The number of rotatable bonds is 0. The first-order chi connectivity index (χ1) is 7.59. The molecule has 0 saturated heterocycles. The summed E-state index contributed by atoms with van der Waals surface area (Å²) in [5, 5.41) is 0.0648. The standard InChI is InChI=1S/C7H8.C6H5ClFN/c1-7-5-3-2-4-6-7;7-5-3-4(9)1-2-6(5)8/h2-6H,1H3;1-3H,9H2. The van der Waals surface area contributed by atoms with Crippen LogP contribution in [0.5, 0.6) is 0 Å². The third-order valence-electron chi connectivity index (χ3n) is 1.88. The van der Waals surface area contributed by atoms with E-state index in [4.69, 9.17) is 17.3 Å². The van der Waals surface area contributed by atoms with Gasteiger partial charge >= 0.3 is 0 Å². The minimum absolute atomic E-state index is 0.0648.